The summed E-state index contributed by atoms with van der Waals surface area (Å²) in [7, 11) is 0. The Kier molecular flexibility index (Phi) is 5.40. The summed E-state index contributed by atoms with van der Waals surface area (Å²) < 4.78 is 4.96. The van der Waals surface area contributed by atoms with Gasteiger partial charge in [0.2, 0.25) is 5.88 Å². The molecular formula is C22H17N3O4S. The van der Waals surface area contributed by atoms with E-state index in [1.807, 2.05) is 18.2 Å². The van der Waals surface area contributed by atoms with Gasteiger partial charge in [-0.05, 0) is 49.4 Å². The van der Waals surface area contributed by atoms with Gasteiger partial charge in [-0.1, -0.05) is 29.5 Å². The van der Waals surface area contributed by atoms with Gasteiger partial charge in [-0.15, -0.1) is 0 Å². The average molecular weight is 419 g/mol. The van der Waals surface area contributed by atoms with E-state index in [1.165, 1.54) is 11.3 Å². The third-order valence-electron chi connectivity index (χ3n) is 4.29. The molecule has 2 N–H and O–H groups in total. The first kappa shape index (κ1) is 19.5. The van der Waals surface area contributed by atoms with E-state index in [9.17, 15) is 14.7 Å². The Morgan fingerprint density at radius 3 is 2.73 bits per heavy atom. The molecule has 2 heterocycles. The molecular weight excluding hydrogens is 402 g/mol. The van der Waals surface area contributed by atoms with E-state index < -0.39 is 0 Å². The SMILES string of the molecule is CCOC(=O)c1ccc(Nc2nc(O)c(/C=C3/C=c4ccccc4=NC3=O)s2)cc1. The summed E-state index contributed by atoms with van der Waals surface area (Å²) in [4.78, 5) is 32.6. The van der Waals surface area contributed by atoms with Crippen LogP contribution in [0.15, 0.2) is 59.1 Å². The van der Waals surface area contributed by atoms with Gasteiger partial charge in [-0.2, -0.15) is 4.98 Å². The largest absolute Gasteiger partial charge is 0.492 e. The summed E-state index contributed by atoms with van der Waals surface area (Å²) in [6, 6.07) is 14.1. The lowest BCUT2D eigenvalue weighted by atomic mass is 10.1. The number of esters is 1. The van der Waals surface area contributed by atoms with Crippen LogP contribution in [-0.2, 0) is 9.53 Å². The second-order valence-electron chi connectivity index (χ2n) is 6.35. The molecule has 0 spiro atoms. The van der Waals surface area contributed by atoms with Gasteiger partial charge in [0.25, 0.3) is 5.91 Å². The van der Waals surface area contributed by atoms with E-state index in [4.69, 9.17) is 4.74 Å². The van der Waals surface area contributed by atoms with Gasteiger partial charge in [-0.3, -0.25) is 4.79 Å². The van der Waals surface area contributed by atoms with Gasteiger partial charge in [0.1, 0.15) is 0 Å². The van der Waals surface area contributed by atoms with E-state index in [-0.39, 0.29) is 17.8 Å². The van der Waals surface area contributed by atoms with Crippen LogP contribution in [0.25, 0.3) is 12.2 Å². The topological polar surface area (TPSA) is 101 Å². The number of hydrogen-bond donors (Lipinski definition) is 2. The van der Waals surface area contributed by atoms with Crippen LogP contribution < -0.4 is 15.9 Å². The van der Waals surface area contributed by atoms with Crippen LogP contribution >= 0.6 is 11.3 Å². The van der Waals surface area contributed by atoms with Crippen molar-refractivity contribution in [3.63, 3.8) is 0 Å². The maximum atomic E-state index is 12.3. The molecule has 150 valence electrons. The lowest BCUT2D eigenvalue weighted by Gasteiger charge is -2.04. The quantitative estimate of drug-likeness (QED) is 0.487. The van der Waals surface area contributed by atoms with Gasteiger partial charge in [0.05, 0.1) is 22.4 Å². The van der Waals surface area contributed by atoms with Gasteiger partial charge < -0.3 is 15.2 Å². The van der Waals surface area contributed by atoms with Crippen LogP contribution in [0.5, 0.6) is 5.88 Å². The van der Waals surface area contributed by atoms with Crippen molar-refractivity contribution in [3.05, 3.63) is 75.1 Å². The highest BCUT2D eigenvalue weighted by atomic mass is 32.1. The number of amides is 1. The smallest absolute Gasteiger partial charge is 0.338 e. The Morgan fingerprint density at radius 2 is 1.97 bits per heavy atom. The zero-order chi connectivity index (χ0) is 21.1. The molecule has 0 unspecified atom stereocenters. The Hall–Kier alpha value is -3.78. The number of para-hydroxylation sites is 1. The molecule has 0 saturated heterocycles. The highest BCUT2D eigenvalue weighted by Gasteiger charge is 2.15. The zero-order valence-electron chi connectivity index (χ0n) is 16.0. The van der Waals surface area contributed by atoms with E-state index >= 15 is 0 Å². The van der Waals surface area contributed by atoms with E-state index in [0.29, 0.717) is 38.8 Å². The number of carbonyl (C=O) groups excluding carboxylic acids is 2. The molecule has 0 radical (unpaired) electrons. The molecule has 0 fully saturated rings. The van der Waals surface area contributed by atoms with Crippen molar-refractivity contribution in [2.45, 2.75) is 6.92 Å². The predicted octanol–water partition coefficient (Wildman–Crippen LogP) is 2.79. The molecule has 30 heavy (non-hydrogen) atoms. The van der Waals surface area contributed by atoms with Crippen molar-refractivity contribution >= 4 is 46.2 Å². The van der Waals surface area contributed by atoms with Gasteiger partial charge in [-0.25, -0.2) is 9.79 Å². The minimum atomic E-state index is -0.384. The summed E-state index contributed by atoms with van der Waals surface area (Å²) in [6.07, 6.45) is 3.31. The molecule has 4 rings (SSSR count). The number of aromatic hydroxyl groups is 1. The van der Waals surface area contributed by atoms with Crippen LogP contribution in [0.3, 0.4) is 0 Å². The van der Waals surface area contributed by atoms with Crippen molar-refractivity contribution < 1.29 is 19.4 Å². The number of hydrogen-bond acceptors (Lipinski definition) is 7. The lowest BCUT2D eigenvalue weighted by Crippen LogP contribution is -2.29. The molecule has 0 bridgehead atoms. The molecule has 1 aromatic heterocycles. The third-order valence-corrected chi connectivity index (χ3v) is 5.19. The molecule has 1 amide bonds. The van der Waals surface area contributed by atoms with Crippen molar-refractivity contribution in [3.8, 4) is 5.88 Å². The number of benzene rings is 2. The molecule has 1 aliphatic heterocycles. The predicted molar refractivity (Wildman–Crippen MR) is 114 cm³/mol. The number of fused-ring (bicyclic) bond motifs is 1. The fourth-order valence-electron chi connectivity index (χ4n) is 2.86. The number of anilines is 2. The minimum absolute atomic E-state index is 0.182. The Bertz CT molecular complexity index is 1280. The molecule has 7 nitrogen and oxygen atoms in total. The van der Waals surface area contributed by atoms with Crippen LogP contribution in [0.1, 0.15) is 22.2 Å². The second-order valence-corrected chi connectivity index (χ2v) is 7.38. The minimum Gasteiger partial charge on any atom is -0.492 e. The highest BCUT2D eigenvalue weighted by molar-refractivity contribution is 7.16. The molecule has 3 aromatic rings. The Morgan fingerprint density at radius 1 is 1.20 bits per heavy atom. The second kappa shape index (κ2) is 8.30. The van der Waals surface area contributed by atoms with Crippen molar-refractivity contribution in [1.82, 2.24) is 4.98 Å². The number of nitrogens with zero attached hydrogens (tertiary/aromatic N) is 2. The fraction of sp³-hybridized carbons (Fsp3) is 0.0909. The normalized spacial score (nSPS) is 13.9. The number of rotatable bonds is 5. The zero-order valence-corrected chi connectivity index (χ0v) is 16.8. The van der Waals surface area contributed by atoms with Crippen LogP contribution in [0.4, 0.5) is 10.8 Å². The van der Waals surface area contributed by atoms with Crippen LogP contribution in [-0.4, -0.2) is 28.6 Å². The van der Waals surface area contributed by atoms with E-state index in [2.05, 4.69) is 15.3 Å². The van der Waals surface area contributed by atoms with E-state index in [0.717, 1.165) is 5.22 Å². The highest BCUT2D eigenvalue weighted by Crippen LogP contribution is 2.32. The number of nitrogens with one attached hydrogen (secondary N) is 1. The van der Waals surface area contributed by atoms with Crippen LogP contribution in [0, 0.1) is 0 Å². The first-order chi connectivity index (χ1) is 14.5. The molecule has 1 aliphatic rings. The first-order valence-electron chi connectivity index (χ1n) is 9.19. The number of carbonyl (C=O) groups is 2. The molecule has 0 saturated carbocycles. The average Bonchev–Trinajstić information content (AvgIpc) is 3.08. The Labute approximate surface area is 175 Å². The van der Waals surface area contributed by atoms with Crippen LogP contribution in [0.2, 0.25) is 0 Å². The standard InChI is InChI=1S/C22H17N3O4S/c1-2-29-21(28)13-7-9-16(10-8-13)23-22-25-20(27)18(30-22)12-15-11-14-5-3-4-6-17(14)24-19(15)26/h3-12,27H,2H2,1H3,(H,23,25)/b15-12-. The van der Waals surface area contributed by atoms with Crippen molar-refractivity contribution in [1.29, 1.82) is 0 Å². The fourth-order valence-corrected chi connectivity index (χ4v) is 3.69. The Balaban J connectivity index is 1.55. The molecule has 0 aliphatic carbocycles. The molecule has 0 atom stereocenters. The monoisotopic (exact) mass is 419 g/mol. The maximum Gasteiger partial charge on any atom is 0.338 e. The first-order valence-corrected chi connectivity index (χ1v) is 10.0. The third kappa shape index (κ3) is 4.13. The summed E-state index contributed by atoms with van der Waals surface area (Å²) >= 11 is 1.20. The number of ether oxygens (including phenoxy) is 1. The maximum absolute atomic E-state index is 12.3. The summed E-state index contributed by atoms with van der Waals surface area (Å²) in [5.74, 6) is -0.936. The van der Waals surface area contributed by atoms with Gasteiger partial charge >= 0.3 is 5.97 Å². The molecule has 8 heteroatoms. The lowest BCUT2D eigenvalue weighted by molar-refractivity contribution is -0.114. The molecule has 2 aromatic carbocycles. The summed E-state index contributed by atoms with van der Waals surface area (Å²) in [6.45, 7) is 2.06. The van der Waals surface area contributed by atoms with Gasteiger partial charge in [0.15, 0.2) is 5.13 Å². The number of aromatic nitrogens is 1. The van der Waals surface area contributed by atoms with Crippen molar-refractivity contribution in [2.24, 2.45) is 4.99 Å². The van der Waals surface area contributed by atoms with E-state index in [1.54, 1.807) is 49.4 Å². The van der Waals surface area contributed by atoms with Gasteiger partial charge in [0, 0.05) is 16.5 Å². The summed E-state index contributed by atoms with van der Waals surface area (Å²) in [5, 5.41) is 15.2. The van der Waals surface area contributed by atoms with Crippen molar-refractivity contribution in [2.75, 3.05) is 11.9 Å². The summed E-state index contributed by atoms with van der Waals surface area (Å²) in [5.41, 5.74) is 1.52. The number of thiazole rings is 1.